The van der Waals surface area contributed by atoms with Gasteiger partial charge in [-0.15, -0.1) is 11.3 Å². The van der Waals surface area contributed by atoms with Gasteiger partial charge in [0, 0.05) is 16.6 Å². The first-order chi connectivity index (χ1) is 15.5. The highest BCUT2D eigenvalue weighted by Crippen LogP contribution is 2.19. The van der Waals surface area contributed by atoms with E-state index in [0.717, 1.165) is 5.69 Å². The van der Waals surface area contributed by atoms with Gasteiger partial charge < -0.3 is 14.5 Å². The number of nitrogens with one attached hydrogen (secondary N) is 2. The molecule has 164 valence electrons. The molecule has 2 N–H and O–H groups in total. The summed E-state index contributed by atoms with van der Waals surface area (Å²) in [5.74, 6) is 0.747. The van der Waals surface area contributed by atoms with Crippen LogP contribution in [0.5, 0.6) is 5.75 Å². The van der Waals surface area contributed by atoms with E-state index in [-0.39, 0.29) is 17.3 Å². The lowest BCUT2D eigenvalue weighted by Crippen LogP contribution is -2.23. The maximum absolute atomic E-state index is 12.6. The molecular formula is C22H19N3O5S2. The Morgan fingerprint density at radius 1 is 1.09 bits per heavy atom. The lowest BCUT2D eigenvalue weighted by Gasteiger charge is -2.10. The number of aromatic nitrogens is 1. The second-order valence-corrected chi connectivity index (χ2v) is 9.16. The van der Waals surface area contributed by atoms with Crippen LogP contribution in [0.15, 0.2) is 87.1 Å². The molecule has 0 radical (unpaired) electrons. The molecule has 4 aromatic rings. The van der Waals surface area contributed by atoms with Gasteiger partial charge in [-0.2, -0.15) is 0 Å². The summed E-state index contributed by atoms with van der Waals surface area (Å²) in [6.07, 6.45) is 1.47. The zero-order valence-electron chi connectivity index (χ0n) is 16.7. The molecule has 8 nitrogen and oxygen atoms in total. The minimum absolute atomic E-state index is 0.0306. The van der Waals surface area contributed by atoms with Gasteiger partial charge in [0.1, 0.15) is 18.1 Å². The predicted molar refractivity (Wildman–Crippen MR) is 120 cm³/mol. The van der Waals surface area contributed by atoms with Crippen LogP contribution in [0.2, 0.25) is 0 Å². The van der Waals surface area contributed by atoms with Gasteiger partial charge in [0.05, 0.1) is 28.9 Å². The molecular weight excluding hydrogens is 450 g/mol. The summed E-state index contributed by atoms with van der Waals surface area (Å²) < 4.78 is 38.3. The van der Waals surface area contributed by atoms with Crippen LogP contribution in [-0.2, 0) is 23.2 Å². The molecule has 4 rings (SSSR count). The average molecular weight is 470 g/mol. The van der Waals surface area contributed by atoms with E-state index in [1.807, 2.05) is 5.38 Å². The molecule has 1 amide bonds. The van der Waals surface area contributed by atoms with Gasteiger partial charge >= 0.3 is 0 Å². The Morgan fingerprint density at radius 2 is 1.94 bits per heavy atom. The topological polar surface area (TPSA) is 111 Å². The molecule has 0 bridgehead atoms. The summed E-state index contributed by atoms with van der Waals surface area (Å²) in [5.41, 5.74) is 3.35. The average Bonchev–Trinajstić information content (AvgIpc) is 3.51. The van der Waals surface area contributed by atoms with E-state index >= 15 is 0 Å². The summed E-state index contributed by atoms with van der Waals surface area (Å²) in [4.78, 5) is 16.8. The number of carbonyl (C=O) groups is 1. The first kappa shape index (κ1) is 21.8. The normalized spacial score (nSPS) is 11.2. The van der Waals surface area contributed by atoms with Gasteiger partial charge in [-0.25, -0.2) is 18.1 Å². The largest absolute Gasteiger partial charge is 0.487 e. The van der Waals surface area contributed by atoms with Crippen LogP contribution < -0.4 is 14.8 Å². The molecule has 10 heteroatoms. The van der Waals surface area contributed by atoms with E-state index in [9.17, 15) is 13.2 Å². The van der Waals surface area contributed by atoms with Gasteiger partial charge in [0.2, 0.25) is 10.0 Å². The molecule has 0 fully saturated rings. The van der Waals surface area contributed by atoms with Gasteiger partial charge in [0.25, 0.3) is 5.91 Å². The quantitative estimate of drug-likeness (QED) is 0.383. The number of hydrogen-bond donors (Lipinski definition) is 2. The Morgan fingerprint density at radius 3 is 2.66 bits per heavy atom. The molecule has 2 aromatic carbocycles. The smallest absolute Gasteiger partial charge is 0.255 e. The molecule has 0 aliphatic carbocycles. The fraction of sp³-hybridized carbons (Fsp3) is 0.0909. The summed E-state index contributed by atoms with van der Waals surface area (Å²) in [5, 5.41) is 4.62. The maximum atomic E-state index is 12.6. The van der Waals surface area contributed by atoms with Crippen molar-refractivity contribution in [3.8, 4) is 5.75 Å². The van der Waals surface area contributed by atoms with E-state index in [0.29, 0.717) is 29.4 Å². The second kappa shape index (κ2) is 9.77. The first-order valence-corrected chi connectivity index (χ1v) is 12.0. The Hall–Kier alpha value is -3.47. The summed E-state index contributed by atoms with van der Waals surface area (Å²) >= 11 is 1.50. The fourth-order valence-electron chi connectivity index (χ4n) is 2.78. The SMILES string of the molecule is O=C(Nc1cccc(S(=O)(=O)NCc2ccco2)c1)c1ccc(OCc2cscn2)cc1. The number of hydrogen-bond acceptors (Lipinski definition) is 7. The van der Waals surface area contributed by atoms with Gasteiger partial charge in [0.15, 0.2) is 0 Å². The number of furan rings is 1. The maximum Gasteiger partial charge on any atom is 0.255 e. The highest BCUT2D eigenvalue weighted by molar-refractivity contribution is 7.89. The van der Waals surface area contributed by atoms with Crippen LogP contribution in [0.25, 0.3) is 0 Å². The molecule has 0 spiro atoms. The standard InChI is InChI=1S/C22H19N3O5S2/c26-22(16-6-8-19(9-7-16)30-13-18-14-31-15-23-18)25-17-3-1-5-21(11-17)32(27,28)24-12-20-4-2-10-29-20/h1-11,14-15,24H,12-13H2,(H,25,26). The third-order valence-electron chi connectivity index (χ3n) is 4.41. The van der Waals surface area contributed by atoms with Crippen molar-refractivity contribution < 1.29 is 22.4 Å². The van der Waals surface area contributed by atoms with Crippen molar-refractivity contribution in [1.82, 2.24) is 9.71 Å². The minimum Gasteiger partial charge on any atom is -0.487 e. The summed E-state index contributed by atoms with van der Waals surface area (Å²) in [7, 11) is -3.77. The van der Waals surface area contributed by atoms with Crippen LogP contribution in [-0.4, -0.2) is 19.3 Å². The van der Waals surface area contributed by atoms with Crippen molar-refractivity contribution in [2.45, 2.75) is 18.0 Å². The van der Waals surface area contributed by atoms with Crippen molar-refractivity contribution in [2.75, 3.05) is 5.32 Å². The summed E-state index contributed by atoms with van der Waals surface area (Å²) in [6.45, 7) is 0.382. The van der Waals surface area contributed by atoms with Crippen LogP contribution in [0, 0.1) is 0 Å². The van der Waals surface area contributed by atoms with E-state index in [1.54, 1.807) is 54.0 Å². The molecule has 0 aliphatic heterocycles. The molecule has 0 unspecified atom stereocenters. The highest BCUT2D eigenvalue weighted by Gasteiger charge is 2.16. The number of benzene rings is 2. The van der Waals surface area contributed by atoms with Crippen molar-refractivity contribution in [3.05, 3.63) is 94.8 Å². The number of anilines is 1. The van der Waals surface area contributed by atoms with E-state index in [1.165, 1.54) is 29.7 Å². The number of sulfonamides is 1. The van der Waals surface area contributed by atoms with Crippen LogP contribution >= 0.6 is 11.3 Å². The highest BCUT2D eigenvalue weighted by atomic mass is 32.2. The van der Waals surface area contributed by atoms with E-state index < -0.39 is 10.0 Å². The van der Waals surface area contributed by atoms with Crippen molar-refractivity contribution in [1.29, 1.82) is 0 Å². The second-order valence-electron chi connectivity index (χ2n) is 6.68. The fourth-order valence-corrected chi connectivity index (χ4v) is 4.36. The Bertz CT molecular complexity index is 1270. The van der Waals surface area contributed by atoms with E-state index in [4.69, 9.17) is 9.15 Å². The van der Waals surface area contributed by atoms with Crippen LogP contribution in [0.4, 0.5) is 5.69 Å². The lowest BCUT2D eigenvalue weighted by molar-refractivity contribution is 0.102. The van der Waals surface area contributed by atoms with Gasteiger partial charge in [-0.05, 0) is 54.6 Å². The monoisotopic (exact) mass is 469 g/mol. The van der Waals surface area contributed by atoms with E-state index in [2.05, 4.69) is 15.0 Å². The van der Waals surface area contributed by atoms with Crippen molar-refractivity contribution in [3.63, 3.8) is 0 Å². The number of rotatable bonds is 9. The van der Waals surface area contributed by atoms with Crippen molar-refractivity contribution in [2.24, 2.45) is 0 Å². The third-order valence-corrected chi connectivity index (χ3v) is 6.44. The zero-order chi connectivity index (χ0) is 22.4. The number of thiazole rings is 1. The Labute approximate surface area is 188 Å². The molecule has 2 aromatic heterocycles. The van der Waals surface area contributed by atoms with Crippen LogP contribution in [0.3, 0.4) is 0 Å². The molecule has 32 heavy (non-hydrogen) atoms. The third kappa shape index (κ3) is 5.61. The number of carbonyl (C=O) groups excluding carboxylic acids is 1. The number of ether oxygens (including phenoxy) is 1. The summed E-state index contributed by atoms with van der Waals surface area (Å²) in [6, 6.07) is 16.0. The number of amides is 1. The lowest BCUT2D eigenvalue weighted by atomic mass is 10.2. The van der Waals surface area contributed by atoms with Crippen LogP contribution in [0.1, 0.15) is 21.8 Å². The van der Waals surface area contributed by atoms with Gasteiger partial charge in [-0.3, -0.25) is 4.79 Å². The van der Waals surface area contributed by atoms with Gasteiger partial charge in [-0.1, -0.05) is 6.07 Å². The number of nitrogens with zero attached hydrogens (tertiary/aromatic N) is 1. The molecule has 0 aliphatic rings. The Kier molecular flexibility index (Phi) is 6.64. The Balaban J connectivity index is 1.37. The molecule has 0 atom stereocenters. The molecule has 0 saturated heterocycles. The zero-order valence-corrected chi connectivity index (χ0v) is 18.4. The minimum atomic E-state index is -3.77. The predicted octanol–water partition coefficient (Wildman–Crippen LogP) is 4.05. The first-order valence-electron chi connectivity index (χ1n) is 9.53. The van der Waals surface area contributed by atoms with Crippen molar-refractivity contribution >= 4 is 33.0 Å². The molecule has 0 saturated carbocycles. The molecule has 2 heterocycles.